The van der Waals surface area contributed by atoms with Gasteiger partial charge in [-0.25, -0.2) is 4.39 Å². The van der Waals surface area contributed by atoms with E-state index in [-0.39, 0.29) is 17.7 Å². The fourth-order valence-electron chi connectivity index (χ4n) is 1.40. The van der Waals surface area contributed by atoms with Crippen molar-refractivity contribution in [3.8, 4) is 5.75 Å². The van der Waals surface area contributed by atoms with E-state index in [0.717, 1.165) is 19.3 Å². The second-order valence-corrected chi connectivity index (χ2v) is 3.55. The van der Waals surface area contributed by atoms with Crippen molar-refractivity contribution in [2.45, 2.75) is 12.6 Å². The van der Waals surface area contributed by atoms with E-state index in [1.54, 1.807) is 0 Å². The molecular formula is C12H12F4O2. The monoisotopic (exact) mass is 264 g/mol. The topological polar surface area (TPSA) is 29.5 Å². The maximum absolute atomic E-state index is 12.7. The van der Waals surface area contributed by atoms with Crippen LogP contribution in [-0.2, 0) is 12.6 Å². The van der Waals surface area contributed by atoms with Gasteiger partial charge in [-0.1, -0.05) is 6.07 Å². The molecule has 0 atom stereocenters. The van der Waals surface area contributed by atoms with Gasteiger partial charge in [0, 0.05) is 0 Å². The minimum atomic E-state index is -4.53. The lowest BCUT2D eigenvalue weighted by atomic mass is 10.1. The number of rotatable bonds is 4. The van der Waals surface area contributed by atoms with Crippen LogP contribution < -0.4 is 4.74 Å². The number of aliphatic hydroxyl groups is 1. The highest BCUT2D eigenvalue weighted by Gasteiger charge is 2.34. The SMILES string of the molecule is COc1ccc(C/C=C(\F)CO)cc1C(F)(F)F. The molecule has 6 heteroatoms. The fourth-order valence-corrected chi connectivity index (χ4v) is 1.40. The highest BCUT2D eigenvalue weighted by Crippen LogP contribution is 2.36. The quantitative estimate of drug-likeness (QED) is 0.847. The first-order valence-electron chi connectivity index (χ1n) is 5.08. The van der Waals surface area contributed by atoms with Crippen molar-refractivity contribution in [1.82, 2.24) is 0 Å². The smallest absolute Gasteiger partial charge is 0.419 e. The molecular weight excluding hydrogens is 252 g/mol. The number of benzene rings is 1. The van der Waals surface area contributed by atoms with Crippen LogP contribution in [0.4, 0.5) is 17.6 Å². The van der Waals surface area contributed by atoms with Gasteiger partial charge in [-0.05, 0) is 30.2 Å². The standard InChI is InChI=1S/C12H12F4O2/c1-18-11-5-3-8(2-4-9(13)7-17)6-10(11)12(14,15)16/h3-6,17H,2,7H2,1H3/b9-4-. The van der Waals surface area contributed by atoms with Gasteiger partial charge in [-0.2, -0.15) is 13.2 Å². The van der Waals surface area contributed by atoms with Crippen molar-refractivity contribution in [1.29, 1.82) is 0 Å². The number of hydrogen-bond acceptors (Lipinski definition) is 2. The summed E-state index contributed by atoms with van der Waals surface area (Å²) >= 11 is 0. The molecule has 0 amide bonds. The van der Waals surface area contributed by atoms with Crippen molar-refractivity contribution in [3.63, 3.8) is 0 Å². The van der Waals surface area contributed by atoms with Gasteiger partial charge >= 0.3 is 6.18 Å². The van der Waals surface area contributed by atoms with Gasteiger partial charge in [0.15, 0.2) is 0 Å². The molecule has 2 nitrogen and oxygen atoms in total. The zero-order chi connectivity index (χ0) is 13.8. The predicted molar refractivity (Wildman–Crippen MR) is 58.0 cm³/mol. The maximum atomic E-state index is 12.7. The number of aliphatic hydroxyl groups excluding tert-OH is 1. The van der Waals surface area contributed by atoms with Crippen LogP contribution in [-0.4, -0.2) is 18.8 Å². The van der Waals surface area contributed by atoms with E-state index >= 15 is 0 Å². The van der Waals surface area contributed by atoms with Gasteiger partial charge in [0.1, 0.15) is 11.6 Å². The number of methoxy groups -OCH3 is 1. The molecule has 0 unspecified atom stereocenters. The molecule has 0 aromatic heterocycles. The molecule has 1 rings (SSSR count). The molecule has 0 aliphatic carbocycles. The van der Waals surface area contributed by atoms with Crippen LogP contribution in [0.25, 0.3) is 0 Å². The van der Waals surface area contributed by atoms with E-state index < -0.39 is 24.2 Å². The number of halogens is 4. The molecule has 0 saturated heterocycles. The van der Waals surface area contributed by atoms with E-state index in [2.05, 4.69) is 4.74 Å². The Labute approximate surface area is 102 Å². The molecule has 0 heterocycles. The van der Waals surface area contributed by atoms with Crippen LogP contribution in [0, 0.1) is 0 Å². The summed E-state index contributed by atoms with van der Waals surface area (Å²) in [6, 6.07) is 3.50. The lowest BCUT2D eigenvalue weighted by molar-refractivity contribution is -0.138. The molecule has 0 aliphatic heterocycles. The van der Waals surface area contributed by atoms with Crippen LogP contribution in [0.5, 0.6) is 5.75 Å². The predicted octanol–water partition coefficient (Wildman–Crippen LogP) is 3.10. The number of alkyl halides is 3. The van der Waals surface area contributed by atoms with Gasteiger partial charge in [0.25, 0.3) is 0 Å². The molecule has 100 valence electrons. The van der Waals surface area contributed by atoms with Gasteiger partial charge in [-0.15, -0.1) is 0 Å². The van der Waals surface area contributed by atoms with Crippen LogP contribution >= 0.6 is 0 Å². The molecule has 0 spiro atoms. The highest BCUT2D eigenvalue weighted by atomic mass is 19.4. The number of ether oxygens (including phenoxy) is 1. The molecule has 1 N–H and O–H groups in total. The normalized spacial score (nSPS) is 12.7. The molecule has 0 aliphatic rings. The molecule has 0 radical (unpaired) electrons. The molecule has 0 saturated carbocycles. The van der Waals surface area contributed by atoms with Crippen LogP contribution in [0.2, 0.25) is 0 Å². The summed E-state index contributed by atoms with van der Waals surface area (Å²) in [7, 11) is 1.15. The Kier molecular flexibility index (Phi) is 4.72. The summed E-state index contributed by atoms with van der Waals surface area (Å²) in [4.78, 5) is 0. The van der Waals surface area contributed by atoms with Crippen LogP contribution in [0.15, 0.2) is 30.1 Å². The van der Waals surface area contributed by atoms with E-state index in [1.165, 1.54) is 12.1 Å². The van der Waals surface area contributed by atoms with Gasteiger partial charge in [0.05, 0.1) is 19.3 Å². The van der Waals surface area contributed by atoms with E-state index in [1.807, 2.05) is 0 Å². The van der Waals surface area contributed by atoms with Crippen LogP contribution in [0.1, 0.15) is 11.1 Å². The first kappa shape index (κ1) is 14.5. The Hall–Kier alpha value is -1.56. The maximum Gasteiger partial charge on any atom is 0.419 e. The molecule has 18 heavy (non-hydrogen) atoms. The van der Waals surface area contributed by atoms with E-state index in [0.29, 0.717) is 0 Å². The third-order valence-electron chi connectivity index (χ3n) is 2.28. The van der Waals surface area contributed by atoms with Crippen molar-refractivity contribution in [2.75, 3.05) is 13.7 Å². The summed E-state index contributed by atoms with van der Waals surface area (Å²) in [5.41, 5.74) is -0.618. The number of allylic oxidation sites excluding steroid dienone is 1. The van der Waals surface area contributed by atoms with Crippen molar-refractivity contribution in [2.24, 2.45) is 0 Å². The van der Waals surface area contributed by atoms with E-state index in [4.69, 9.17) is 5.11 Å². The van der Waals surface area contributed by atoms with E-state index in [9.17, 15) is 17.6 Å². The van der Waals surface area contributed by atoms with Crippen molar-refractivity contribution in [3.05, 3.63) is 41.2 Å². The summed E-state index contributed by atoms with van der Waals surface area (Å²) in [5, 5.41) is 8.44. The Bertz CT molecular complexity index is 438. The average molecular weight is 264 g/mol. The van der Waals surface area contributed by atoms with Crippen molar-refractivity contribution < 1.29 is 27.4 Å². The first-order valence-corrected chi connectivity index (χ1v) is 5.08. The molecule has 1 aromatic carbocycles. The third-order valence-corrected chi connectivity index (χ3v) is 2.28. The summed E-state index contributed by atoms with van der Waals surface area (Å²) in [5.74, 6) is -1.06. The van der Waals surface area contributed by atoms with Crippen LogP contribution in [0.3, 0.4) is 0 Å². The molecule has 1 aromatic rings. The minimum Gasteiger partial charge on any atom is -0.496 e. The number of hydrogen-bond donors (Lipinski definition) is 1. The lowest BCUT2D eigenvalue weighted by Gasteiger charge is -2.12. The Morgan fingerprint density at radius 1 is 1.39 bits per heavy atom. The Morgan fingerprint density at radius 3 is 2.56 bits per heavy atom. The zero-order valence-electron chi connectivity index (χ0n) is 9.59. The zero-order valence-corrected chi connectivity index (χ0v) is 9.59. The van der Waals surface area contributed by atoms with Gasteiger partial charge < -0.3 is 9.84 Å². The van der Waals surface area contributed by atoms with Crippen molar-refractivity contribution >= 4 is 0 Å². The highest BCUT2D eigenvalue weighted by molar-refractivity contribution is 5.39. The van der Waals surface area contributed by atoms with Gasteiger partial charge in [-0.3, -0.25) is 0 Å². The largest absolute Gasteiger partial charge is 0.496 e. The summed E-state index contributed by atoms with van der Waals surface area (Å²) in [6.45, 7) is -0.762. The summed E-state index contributed by atoms with van der Waals surface area (Å²) in [6.07, 6.45) is -3.53. The average Bonchev–Trinajstić information content (AvgIpc) is 2.34. The lowest BCUT2D eigenvalue weighted by Crippen LogP contribution is -2.08. The Morgan fingerprint density at radius 2 is 2.06 bits per heavy atom. The molecule has 0 fully saturated rings. The first-order chi connectivity index (χ1) is 8.38. The minimum absolute atomic E-state index is 0.0283. The molecule has 0 bridgehead atoms. The fraction of sp³-hybridized carbons (Fsp3) is 0.333. The van der Waals surface area contributed by atoms with Gasteiger partial charge in [0.2, 0.25) is 0 Å². The third kappa shape index (κ3) is 3.73. The Balaban J connectivity index is 3.04. The summed E-state index contributed by atoms with van der Waals surface area (Å²) < 4.78 is 55.3. The second-order valence-electron chi connectivity index (χ2n) is 3.55. The second kappa shape index (κ2) is 5.86.